The molecule has 0 amide bonds. The number of alkyl halides is 3. The summed E-state index contributed by atoms with van der Waals surface area (Å²) in [6.45, 7) is 2.49. The minimum Gasteiger partial charge on any atom is -0.370 e. The SMILES string of the molecule is CC(OCC1CC1)c1nnc(-c2ccccc2C(F)(F)F)n1C. The summed E-state index contributed by atoms with van der Waals surface area (Å²) in [5.41, 5.74) is -0.691. The van der Waals surface area contributed by atoms with E-state index < -0.39 is 11.7 Å². The van der Waals surface area contributed by atoms with Crippen LogP contribution in [-0.2, 0) is 18.0 Å². The molecular formula is C16H18F3N3O. The summed E-state index contributed by atoms with van der Waals surface area (Å²) in [5.74, 6) is 1.32. The molecule has 1 saturated carbocycles. The molecule has 1 heterocycles. The molecule has 0 radical (unpaired) electrons. The van der Waals surface area contributed by atoms with E-state index in [1.54, 1.807) is 17.7 Å². The third kappa shape index (κ3) is 3.39. The third-order valence-corrected chi connectivity index (χ3v) is 4.02. The second-order valence-corrected chi connectivity index (χ2v) is 5.90. The minimum atomic E-state index is -4.43. The highest BCUT2D eigenvalue weighted by molar-refractivity contribution is 5.61. The van der Waals surface area contributed by atoms with Gasteiger partial charge in [-0.25, -0.2) is 0 Å². The number of ether oxygens (including phenoxy) is 1. The molecule has 0 saturated heterocycles. The maximum Gasteiger partial charge on any atom is 0.417 e. The lowest BCUT2D eigenvalue weighted by atomic mass is 10.1. The van der Waals surface area contributed by atoms with Gasteiger partial charge in [-0.3, -0.25) is 0 Å². The number of aromatic nitrogens is 3. The van der Waals surface area contributed by atoms with E-state index >= 15 is 0 Å². The molecule has 1 aliphatic rings. The van der Waals surface area contributed by atoms with Crippen molar-refractivity contribution >= 4 is 0 Å². The van der Waals surface area contributed by atoms with Crippen LogP contribution in [0.15, 0.2) is 24.3 Å². The van der Waals surface area contributed by atoms with Gasteiger partial charge in [-0.05, 0) is 31.7 Å². The molecule has 3 rings (SSSR count). The van der Waals surface area contributed by atoms with Gasteiger partial charge in [0.1, 0.15) is 6.10 Å². The second-order valence-electron chi connectivity index (χ2n) is 5.90. The first kappa shape index (κ1) is 16.0. The van der Waals surface area contributed by atoms with Crippen LogP contribution >= 0.6 is 0 Å². The lowest BCUT2D eigenvalue weighted by molar-refractivity contribution is -0.137. The highest BCUT2D eigenvalue weighted by atomic mass is 19.4. The first-order valence-corrected chi connectivity index (χ1v) is 7.55. The highest BCUT2D eigenvalue weighted by Gasteiger charge is 2.35. The largest absolute Gasteiger partial charge is 0.417 e. The van der Waals surface area contributed by atoms with Gasteiger partial charge >= 0.3 is 6.18 Å². The maximum absolute atomic E-state index is 13.2. The van der Waals surface area contributed by atoms with Crippen LogP contribution in [0.3, 0.4) is 0 Å². The maximum atomic E-state index is 13.2. The Labute approximate surface area is 132 Å². The van der Waals surface area contributed by atoms with Crippen molar-refractivity contribution in [3.05, 3.63) is 35.7 Å². The summed E-state index contributed by atoms with van der Waals surface area (Å²) in [6.07, 6.45) is -2.39. The molecule has 1 atom stereocenters. The summed E-state index contributed by atoms with van der Waals surface area (Å²) >= 11 is 0. The Morgan fingerprint density at radius 1 is 1.26 bits per heavy atom. The van der Waals surface area contributed by atoms with Gasteiger partial charge in [-0.1, -0.05) is 18.2 Å². The van der Waals surface area contributed by atoms with Crippen molar-refractivity contribution in [1.82, 2.24) is 14.8 Å². The molecule has 1 aromatic carbocycles. The number of halogens is 3. The predicted molar refractivity (Wildman–Crippen MR) is 78.5 cm³/mol. The number of hydrogen-bond donors (Lipinski definition) is 0. The van der Waals surface area contributed by atoms with Gasteiger partial charge in [-0.2, -0.15) is 13.2 Å². The lowest BCUT2D eigenvalue weighted by Gasteiger charge is -2.14. The minimum absolute atomic E-state index is 0.0237. The number of nitrogens with zero attached hydrogens (tertiary/aromatic N) is 3. The molecule has 0 bridgehead atoms. The number of hydrogen-bond acceptors (Lipinski definition) is 3. The average Bonchev–Trinajstić information content (AvgIpc) is 3.25. The van der Waals surface area contributed by atoms with Gasteiger partial charge in [0, 0.05) is 12.6 Å². The Kier molecular flexibility index (Phi) is 4.14. The van der Waals surface area contributed by atoms with Gasteiger partial charge in [0.05, 0.1) is 12.2 Å². The van der Waals surface area contributed by atoms with E-state index in [4.69, 9.17) is 4.74 Å². The van der Waals surface area contributed by atoms with Crippen molar-refractivity contribution < 1.29 is 17.9 Å². The van der Waals surface area contributed by atoms with Crippen molar-refractivity contribution in [3.63, 3.8) is 0 Å². The van der Waals surface area contributed by atoms with Crippen LogP contribution in [0.4, 0.5) is 13.2 Å². The fourth-order valence-electron chi connectivity index (χ4n) is 2.49. The molecule has 2 aromatic rings. The van der Waals surface area contributed by atoms with Crippen LogP contribution in [-0.4, -0.2) is 21.4 Å². The molecule has 1 aromatic heterocycles. The Bertz CT molecular complexity index is 692. The zero-order valence-corrected chi connectivity index (χ0v) is 13.0. The van der Waals surface area contributed by atoms with Crippen molar-refractivity contribution in [3.8, 4) is 11.4 Å². The lowest BCUT2D eigenvalue weighted by Crippen LogP contribution is -2.11. The quantitative estimate of drug-likeness (QED) is 0.834. The van der Waals surface area contributed by atoms with Crippen molar-refractivity contribution in [1.29, 1.82) is 0 Å². The fraction of sp³-hybridized carbons (Fsp3) is 0.500. The zero-order valence-electron chi connectivity index (χ0n) is 13.0. The Balaban J connectivity index is 1.90. The topological polar surface area (TPSA) is 39.9 Å². The fourth-order valence-corrected chi connectivity index (χ4v) is 2.49. The molecule has 124 valence electrons. The molecule has 4 nitrogen and oxygen atoms in total. The average molecular weight is 325 g/mol. The number of rotatable bonds is 5. The molecule has 0 spiro atoms. The van der Waals surface area contributed by atoms with Crippen LogP contribution in [0, 0.1) is 5.92 Å². The summed E-state index contributed by atoms with van der Waals surface area (Å²) in [4.78, 5) is 0. The van der Waals surface area contributed by atoms with Crippen LogP contribution in [0.2, 0.25) is 0 Å². The van der Waals surface area contributed by atoms with Crippen LogP contribution < -0.4 is 0 Å². The van der Waals surface area contributed by atoms with Gasteiger partial charge in [-0.15, -0.1) is 10.2 Å². The van der Waals surface area contributed by atoms with E-state index in [9.17, 15) is 13.2 Å². The smallest absolute Gasteiger partial charge is 0.370 e. The monoisotopic (exact) mass is 325 g/mol. The second kappa shape index (κ2) is 5.96. The molecule has 1 fully saturated rings. The molecule has 0 aliphatic heterocycles. The first-order valence-electron chi connectivity index (χ1n) is 7.55. The summed E-state index contributed by atoms with van der Waals surface area (Å²) in [7, 11) is 1.66. The Morgan fingerprint density at radius 2 is 1.96 bits per heavy atom. The Morgan fingerprint density at radius 3 is 2.61 bits per heavy atom. The summed E-state index contributed by atoms with van der Waals surface area (Å²) in [5, 5.41) is 7.99. The van der Waals surface area contributed by atoms with Crippen LogP contribution in [0.5, 0.6) is 0 Å². The number of benzene rings is 1. The molecular weight excluding hydrogens is 307 g/mol. The van der Waals surface area contributed by atoms with Gasteiger partial charge in [0.15, 0.2) is 11.6 Å². The van der Waals surface area contributed by atoms with Gasteiger partial charge in [0.2, 0.25) is 0 Å². The predicted octanol–water partition coefficient (Wildman–Crippen LogP) is 3.99. The summed E-state index contributed by atoms with van der Waals surface area (Å²) < 4.78 is 46.8. The normalized spacial score (nSPS) is 16.6. The van der Waals surface area contributed by atoms with E-state index in [1.165, 1.54) is 25.0 Å². The van der Waals surface area contributed by atoms with E-state index in [-0.39, 0.29) is 17.5 Å². The van der Waals surface area contributed by atoms with E-state index in [1.807, 2.05) is 6.92 Å². The molecule has 1 aliphatic carbocycles. The van der Waals surface area contributed by atoms with Gasteiger partial charge in [0.25, 0.3) is 0 Å². The third-order valence-electron chi connectivity index (χ3n) is 4.02. The van der Waals surface area contributed by atoms with Gasteiger partial charge < -0.3 is 9.30 Å². The van der Waals surface area contributed by atoms with E-state index in [0.29, 0.717) is 18.3 Å². The molecule has 7 heteroatoms. The zero-order chi connectivity index (χ0) is 16.6. The van der Waals surface area contributed by atoms with Crippen LogP contribution in [0.25, 0.3) is 11.4 Å². The molecule has 0 N–H and O–H groups in total. The molecule has 23 heavy (non-hydrogen) atoms. The van der Waals surface area contributed by atoms with E-state index in [2.05, 4.69) is 10.2 Å². The first-order chi connectivity index (χ1) is 10.9. The Hall–Kier alpha value is -1.89. The van der Waals surface area contributed by atoms with Crippen LogP contribution in [0.1, 0.15) is 37.3 Å². The highest BCUT2D eigenvalue weighted by Crippen LogP contribution is 2.37. The van der Waals surface area contributed by atoms with Crippen molar-refractivity contribution in [2.75, 3.05) is 6.61 Å². The van der Waals surface area contributed by atoms with E-state index in [0.717, 1.165) is 6.07 Å². The molecule has 1 unspecified atom stereocenters. The summed E-state index contributed by atoms with van der Waals surface area (Å²) in [6, 6.07) is 5.39. The standard InChI is InChI=1S/C16H18F3N3O/c1-10(23-9-11-7-8-11)14-20-21-15(22(14)2)12-5-3-4-6-13(12)16(17,18)19/h3-6,10-11H,7-9H2,1-2H3. The van der Waals surface area contributed by atoms with Crippen molar-refractivity contribution in [2.24, 2.45) is 13.0 Å². The van der Waals surface area contributed by atoms with Crippen molar-refractivity contribution in [2.45, 2.75) is 32.0 Å².